The van der Waals surface area contributed by atoms with E-state index in [2.05, 4.69) is 5.16 Å². The van der Waals surface area contributed by atoms with Crippen molar-refractivity contribution in [2.75, 3.05) is 0 Å². The van der Waals surface area contributed by atoms with Crippen LogP contribution in [0.3, 0.4) is 0 Å². The number of hydrogen-bond donors (Lipinski definition) is 0. The maximum atomic E-state index is 13.4. The number of ketones is 2. The van der Waals surface area contributed by atoms with Gasteiger partial charge in [0.2, 0.25) is 5.78 Å². The van der Waals surface area contributed by atoms with Crippen LogP contribution < -0.4 is 0 Å². The highest BCUT2D eigenvalue weighted by Crippen LogP contribution is 2.29. The fourth-order valence-corrected chi connectivity index (χ4v) is 5.25. The number of Topliss-reactive ketones (excluding diaryl/α,β-unsaturated/α-hetero) is 1. The Labute approximate surface area is 242 Å². The lowest BCUT2D eigenvalue weighted by Crippen LogP contribution is -2.18. The molecule has 0 aliphatic rings. The van der Waals surface area contributed by atoms with E-state index in [0.717, 1.165) is 31.7 Å². The lowest BCUT2D eigenvalue weighted by atomic mass is 9.96. The van der Waals surface area contributed by atoms with E-state index in [9.17, 15) is 14.4 Å². The molecule has 0 radical (unpaired) electrons. The minimum Gasteiger partial charge on any atom is -0.318 e. The van der Waals surface area contributed by atoms with Gasteiger partial charge in [0.25, 0.3) is 0 Å². The van der Waals surface area contributed by atoms with Crippen molar-refractivity contribution >= 4 is 45.8 Å². The number of hydrogen-bond acceptors (Lipinski definition) is 6. The number of aryl methyl sites for hydroxylation is 2. The van der Waals surface area contributed by atoms with Gasteiger partial charge in [-0.15, -0.1) is 0 Å². The molecule has 5 nitrogen and oxygen atoms in total. The molecule has 0 aliphatic heterocycles. The molecular formula is C35H27NO4S. The summed E-state index contributed by atoms with van der Waals surface area (Å²) in [4.78, 5) is 44.7. The molecule has 0 unspecified atom stereocenters. The Kier molecular flexibility index (Phi) is 8.22. The van der Waals surface area contributed by atoms with Gasteiger partial charge in [0, 0.05) is 39.0 Å². The van der Waals surface area contributed by atoms with E-state index in [1.165, 1.54) is 18.7 Å². The van der Waals surface area contributed by atoms with Gasteiger partial charge in [0.1, 0.15) is 0 Å². The van der Waals surface area contributed by atoms with Crippen LogP contribution in [0.5, 0.6) is 0 Å². The first-order chi connectivity index (χ1) is 19.8. The van der Waals surface area contributed by atoms with Crippen molar-refractivity contribution < 1.29 is 19.2 Å². The maximum Gasteiger partial charge on any atom is 0.332 e. The van der Waals surface area contributed by atoms with Crippen molar-refractivity contribution in [3.8, 4) is 0 Å². The lowest BCUT2D eigenvalue weighted by Gasteiger charge is -2.10. The summed E-state index contributed by atoms with van der Waals surface area (Å²) in [5.41, 5.74) is 4.22. The fourth-order valence-electron chi connectivity index (χ4n) is 4.43. The summed E-state index contributed by atoms with van der Waals surface area (Å²) < 4.78 is 0. The average molecular weight is 558 g/mol. The Morgan fingerprint density at radius 1 is 0.659 bits per heavy atom. The van der Waals surface area contributed by atoms with Crippen LogP contribution in [0.2, 0.25) is 0 Å². The average Bonchev–Trinajstić information content (AvgIpc) is 2.99. The van der Waals surface area contributed by atoms with Crippen LogP contribution in [0.25, 0.3) is 10.8 Å². The molecule has 0 amide bonds. The van der Waals surface area contributed by atoms with Crippen molar-refractivity contribution in [2.24, 2.45) is 5.16 Å². The van der Waals surface area contributed by atoms with E-state index < -0.39 is 5.97 Å². The van der Waals surface area contributed by atoms with Crippen LogP contribution in [0.15, 0.2) is 124 Å². The minimum absolute atomic E-state index is 0.0229. The van der Waals surface area contributed by atoms with Crippen molar-refractivity contribution in [3.63, 3.8) is 0 Å². The Morgan fingerprint density at radius 3 is 1.93 bits per heavy atom. The minimum atomic E-state index is -0.600. The standard InChI is InChI=1S/C35H27NO4S/c1-22-8-9-23(2)32(20-22)33(36-40-24(3)37)35(39)27-14-18-31(19-15-27)41-30-16-12-26(13-17-30)34(38)29-11-10-25-6-4-5-7-28(25)21-29/h4-21H,1-3H3/b36-33+. The first kappa shape index (κ1) is 27.7. The second kappa shape index (κ2) is 12.1. The van der Waals surface area contributed by atoms with Crippen molar-refractivity contribution in [1.29, 1.82) is 0 Å². The van der Waals surface area contributed by atoms with Crippen LogP contribution in [-0.4, -0.2) is 23.2 Å². The molecule has 6 heteroatoms. The van der Waals surface area contributed by atoms with E-state index in [-0.39, 0.29) is 17.3 Å². The monoisotopic (exact) mass is 557 g/mol. The number of carbonyl (C=O) groups is 3. The molecule has 0 saturated heterocycles. The summed E-state index contributed by atoms with van der Waals surface area (Å²) in [7, 11) is 0. The van der Waals surface area contributed by atoms with Gasteiger partial charge in [0.05, 0.1) is 0 Å². The SMILES string of the molecule is CC(=O)O/N=C(/C(=O)c1ccc(Sc2ccc(C(=O)c3ccc4ccccc4c3)cc2)cc1)c1cc(C)ccc1C. The number of carbonyl (C=O) groups excluding carboxylic acids is 3. The molecule has 5 aromatic rings. The molecule has 0 bridgehead atoms. The number of fused-ring (bicyclic) bond motifs is 1. The third kappa shape index (κ3) is 6.51. The van der Waals surface area contributed by atoms with Crippen molar-refractivity contribution in [3.05, 3.63) is 143 Å². The molecule has 0 N–H and O–H groups in total. The molecule has 0 saturated carbocycles. The molecule has 0 heterocycles. The number of oxime groups is 1. The van der Waals surface area contributed by atoms with Crippen molar-refractivity contribution in [2.45, 2.75) is 30.6 Å². The highest BCUT2D eigenvalue weighted by molar-refractivity contribution is 7.99. The molecule has 0 atom stereocenters. The zero-order valence-corrected chi connectivity index (χ0v) is 23.7. The van der Waals surface area contributed by atoms with Crippen LogP contribution in [-0.2, 0) is 9.63 Å². The molecule has 0 fully saturated rings. The molecule has 0 spiro atoms. The van der Waals surface area contributed by atoms with E-state index >= 15 is 0 Å². The van der Waals surface area contributed by atoms with Gasteiger partial charge < -0.3 is 4.84 Å². The number of nitrogens with zero attached hydrogens (tertiary/aromatic N) is 1. The van der Waals surface area contributed by atoms with E-state index in [0.29, 0.717) is 22.3 Å². The predicted octanol–water partition coefficient (Wildman–Crippen LogP) is 7.99. The maximum absolute atomic E-state index is 13.4. The molecule has 5 rings (SSSR count). The first-order valence-corrected chi connectivity index (χ1v) is 13.9. The molecule has 0 aromatic heterocycles. The molecule has 202 valence electrons. The summed E-state index contributed by atoms with van der Waals surface area (Å²) >= 11 is 1.53. The first-order valence-electron chi connectivity index (χ1n) is 13.1. The summed E-state index contributed by atoms with van der Waals surface area (Å²) in [5, 5.41) is 6.04. The van der Waals surface area contributed by atoms with Gasteiger partial charge in [-0.3, -0.25) is 9.59 Å². The van der Waals surface area contributed by atoms with Gasteiger partial charge >= 0.3 is 5.97 Å². The Bertz CT molecular complexity index is 1810. The van der Waals surface area contributed by atoms with Crippen LogP contribution in [0, 0.1) is 13.8 Å². The van der Waals surface area contributed by atoms with Gasteiger partial charge in [0.15, 0.2) is 11.5 Å². The topological polar surface area (TPSA) is 72.8 Å². The third-order valence-electron chi connectivity index (χ3n) is 6.61. The van der Waals surface area contributed by atoms with E-state index in [1.54, 1.807) is 12.1 Å². The zero-order valence-electron chi connectivity index (χ0n) is 22.9. The predicted molar refractivity (Wildman–Crippen MR) is 163 cm³/mol. The third-order valence-corrected chi connectivity index (χ3v) is 7.62. The smallest absolute Gasteiger partial charge is 0.318 e. The molecule has 0 aliphatic carbocycles. The van der Waals surface area contributed by atoms with Crippen molar-refractivity contribution in [1.82, 2.24) is 0 Å². The van der Waals surface area contributed by atoms with E-state index in [4.69, 9.17) is 4.84 Å². The fraction of sp³-hybridized carbons (Fsp3) is 0.0857. The highest BCUT2D eigenvalue weighted by atomic mass is 32.2. The largest absolute Gasteiger partial charge is 0.332 e. The summed E-state index contributed by atoms with van der Waals surface area (Å²) in [6.45, 7) is 5.05. The van der Waals surface area contributed by atoms with Gasteiger partial charge in [-0.25, -0.2) is 4.79 Å². The molecule has 41 heavy (non-hydrogen) atoms. The molecule has 5 aromatic carbocycles. The summed E-state index contributed by atoms with van der Waals surface area (Å²) in [6.07, 6.45) is 0. The second-order valence-corrected chi connectivity index (χ2v) is 10.9. The Hall–Kier alpha value is -4.81. The zero-order chi connectivity index (χ0) is 28.9. The summed E-state index contributed by atoms with van der Waals surface area (Å²) in [6, 6.07) is 34.1. The Morgan fingerprint density at radius 2 is 1.27 bits per heavy atom. The van der Waals surface area contributed by atoms with Gasteiger partial charge in [-0.05, 0) is 90.8 Å². The second-order valence-electron chi connectivity index (χ2n) is 9.71. The van der Waals surface area contributed by atoms with Crippen LogP contribution in [0.4, 0.5) is 0 Å². The van der Waals surface area contributed by atoms with Gasteiger partial charge in [-0.2, -0.15) is 0 Å². The highest BCUT2D eigenvalue weighted by Gasteiger charge is 2.20. The number of benzene rings is 5. The van der Waals surface area contributed by atoms with E-state index in [1.807, 2.05) is 111 Å². The quantitative estimate of drug-likeness (QED) is 0.0837. The normalized spacial score (nSPS) is 11.3. The summed E-state index contributed by atoms with van der Waals surface area (Å²) in [5.74, 6) is -0.962. The Balaban J connectivity index is 1.31. The van der Waals surface area contributed by atoms with Gasteiger partial charge in [-0.1, -0.05) is 71.0 Å². The molecular weight excluding hydrogens is 530 g/mol. The van der Waals surface area contributed by atoms with Crippen LogP contribution in [0.1, 0.15) is 49.9 Å². The number of rotatable bonds is 8. The lowest BCUT2D eigenvalue weighted by molar-refractivity contribution is -0.140. The van der Waals surface area contributed by atoms with Crippen LogP contribution >= 0.6 is 11.8 Å².